The topological polar surface area (TPSA) is 154 Å². The van der Waals surface area contributed by atoms with Gasteiger partial charge in [-0.3, -0.25) is 14.9 Å². The van der Waals surface area contributed by atoms with Gasteiger partial charge in [-0.05, 0) is 6.92 Å². The molecule has 0 aliphatic rings. The van der Waals surface area contributed by atoms with E-state index in [1.54, 1.807) is 0 Å². The van der Waals surface area contributed by atoms with Gasteiger partial charge in [0.15, 0.2) is 5.70 Å². The van der Waals surface area contributed by atoms with Crippen molar-refractivity contribution in [1.82, 2.24) is 0 Å². The van der Waals surface area contributed by atoms with Gasteiger partial charge in [0.25, 0.3) is 11.6 Å². The number of hydrogen-bond acceptors (Lipinski definition) is 7. The van der Waals surface area contributed by atoms with Crippen LogP contribution in [0.5, 0.6) is 5.75 Å². The molecule has 1 aromatic carbocycles. The average Bonchev–Trinajstić information content (AvgIpc) is 2.30. The lowest BCUT2D eigenvalue weighted by atomic mass is 10.2. The first-order chi connectivity index (χ1) is 8.82. The van der Waals surface area contributed by atoms with E-state index in [1.807, 2.05) is 0 Å². The molecule has 1 rings (SSSR count). The zero-order valence-electron chi connectivity index (χ0n) is 9.73. The fourth-order valence-corrected chi connectivity index (χ4v) is 1.10. The molecule has 0 aromatic heterocycles. The number of azo groups is 1. The van der Waals surface area contributed by atoms with Crippen molar-refractivity contribution in [3.05, 3.63) is 39.8 Å². The summed E-state index contributed by atoms with van der Waals surface area (Å²) in [4.78, 5) is 20.7. The maximum absolute atomic E-state index is 11.4. The maximum atomic E-state index is 11.4. The summed E-state index contributed by atoms with van der Waals surface area (Å²) in [5, 5.41) is 37.7. The quantitative estimate of drug-likeness (QED) is 0.273. The zero-order valence-corrected chi connectivity index (χ0v) is 9.73. The molecule has 0 unspecified atom stereocenters. The number of aliphatic hydroxyl groups is 1. The highest BCUT2D eigenvalue weighted by molar-refractivity contribution is 5.91. The molecule has 0 heterocycles. The van der Waals surface area contributed by atoms with Gasteiger partial charge in [-0.1, -0.05) is 11.8 Å². The van der Waals surface area contributed by atoms with Crippen LogP contribution in [-0.2, 0) is 4.79 Å². The molecule has 0 saturated heterocycles. The van der Waals surface area contributed by atoms with Gasteiger partial charge in [0.1, 0.15) is 5.76 Å². The van der Waals surface area contributed by atoms with E-state index in [2.05, 4.69) is 10.2 Å². The van der Waals surface area contributed by atoms with Gasteiger partial charge in [0.05, 0.1) is 10.6 Å². The SMILES string of the molecule is C/C(O)=C(/N=Nc1cc([N+](=O)[O-])ccc1[O-])C(N)=O. The predicted octanol–water partition coefficient (Wildman–Crippen LogP) is 1.03. The number of nitrogens with two attached hydrogens (primary N) is 1. The first kappa shape index (κ1) is 14.1. The van der Waals surface area contributed by atoms with E-state index < -0.39 is 28.0 Å². The number of non-ortho nitro benzene ring substituents is 1. The van der Waals surface area contributed by atoms with Crippen LogP contribution in [0.2, 0.25) is 0 Å². The smallest absolute Gasteiger partial charge is 0.272 e. The lowest BCUT2D eigenvalue weighted by molar-refractivity contribution is -0.385. The Hall–Kier alpha value is -2.97. The van der Waals surface area contributed by atoms with E-state index in [0.29, 0.717) is 0 Å². The third kappa shape index (κ3) is 3.49. The normalized spacial score (nSPS) is 12.3. The molecule has 1 amide bonds. The van der Waals surface area contributed by atoms with Crippen LogP contribution in [0, 0.1) is 10.1 Å². The third-order valence-electron chi connectivity index (χ3n) is 1.99. The van der Waals surface area contributed by atoms with E-state index in [-0.39, 0.29) is 11.4 Å². The molecule has 0 aliphatic carbocycles. The van der Waals surface area contributed by atoms with Gasteiger partial charge in [0.2, 0.25) is 0 Å². The minimum atomic E-state index is -1.04. The molecule has 0 fully saturated rings. The first-order valence-electron chi connectivity index (χ1n) is 4.89. The summed E-state index contributed by atoms with van der Waals surface area (Å²) in [6.07, 6.45) is 0. The molecule has 0 bridgehead atoms. The second-order valence-corrected chi connectivity index (χ2v) is 3.41. The van der Waals surface area contributed by atoms with Gasteiger partial charge in [0, 0.05) is 12.1 Å². The highest BCUT2D eigenvalue weighted by Crippen LogP contribution is 2.29. The van der Waals surface area contributed by atoms with E-state index >= 15 is 0 Å². The van der Waals surface area contributed by atoms with Gasteiger partial charge in [-0.2, -0.15) is 5.11 Å². The molecule has 9 nitrogen and oxygen atoms in total. The molecule has 0 aliphatic heterocycles. The Labute approximate surface area is 106 Å². The van der Waals surface area contributed by atoms with Crippen molar-refractivity contribution in [3.8, 4) is 5.75 Å². The standard InChI is InChI=1S/C10H10N4O5/c1-5(15)9(10(11)17)13-12-7-4-6(14(18)19)2-3-8(7)16/h2-4,15-16H,1H3,(H2,11,17)/p-1/b9-5-,13-12?. The summed E-state index contributed by atoms with van der Waals surface area (Å²) >= 11 is 0. The van der Waals surface area contributed by atoms with Crippen LogP contribution in [0.25, 0.3) is 0 Å². The number of hydrogen-bond donors (Lipinski definition) is 2. The Morgan fingerprint density at radius 2 is 2.11 bits per heavy atom. The number of primary amides is 1. The lowest BCUT2D eigenvalue weighted by Crippen LogP contribution is -2.13. The molecule has 0 spiro atoms. The van der Waals surface area contributed by atoms with E-state index in [0.717, 1.165) is 25.1 Å². The Morgan fingerprint density at radius 1 is 1.47 bits per heavy atom. The number of benzene rings is 1. The number of carbonyl (C=O) groups excluding carboxylic acids is 1. The van der Waals surface area contributed by atoms with Crippen LogP contribution in [0.15, 0.2) is 39.9 Å². The van der Waals surface area contributed by atoms with E-state index in [4.69, 9.17) is 10.8 Å². The summed E-state index contributed by atoms with van der Waals surface area (Å²) in [7, 11) is 0. The minimum absolute atomic E-state index is 0.339. The Kier molecular flexibility index (Phi) is 4.14. The molecule has 3 N–H and O–H groups in total. The summed E-state index contributed by atoms with van der Waals surface area (Å²) in [6.45, 7) is 1.16. The number of nitro groups is 1. The van der Waals surface area contributed by atoms with Crippen molar-refractivity contribution in [2.24, 2.45) is 16.0 Å². The molecular formula is C10H9N4O5-. The molecule has 19 heavy (non-hydrogen) atoms. The predicted molar refractivity (Wildman–Crippen MR) is 61.6 cm³/mol. The van der Waals surface area contributed by atoms with Gasteiger partial charge >= 0.3 is 0 Å². The van der Waals surface area contributed by atoms with Crippen LogP contribution in [-0.4, -0.2) is 15.9 Å². The Morgan fingerprint density at radius 3 is 2.58 bits per heavy atom. The van der Waals surface area contributed by atoms with E-state index in [9.17, 15) is 20.0 Å². The van der Waals surface area contributed by atoms with Crippen molar-refractivity contribution in [1.29, 1.82) is 0 Å². The third-order valence-corrected chi connectivity index (χ3v) is 1.99. The molecule has 0 radical (unpaired) electrons. The number of carbonyl (C=O) groups is 1. The summed E-state index contributed by atoms with van der Waals surface area (Å²) in [5.41, 5.74) is 3.70. The van der Waals surface area contributed by atoms with Crippen LogP contribution >= 0.6 is 0 Å². The molecule has 9 heteroatoms. The highest BCUT2D eigenvalue weighted by Gasteiger charge is 2.09. The summed E-state index contributed by atoms with van der Waals surface area (Å²) in [6, 6.07) is 2.87. The monoisotopic (exact) mass is 265 g/mol. The van der Waals surface area contributed by atoms with Gasteiger partial charge < -0.3 is 15.9 Å². The number of nitrogens with zero attached hydrogens (tertiary/aromatic N) is 3. The molecule has 100 valence electrons. The van der Waals surface area contributed by atoms with Crippen molar-refractivity contribution >= 4 is 17.3 Å². The van der Waals surface area contributed by atoms with Crippen LogP contribution in [0.3, 0.4) is 0 Å². The number of aliphatic hydroxyl groups excluding tert-OH is 1. The van der Waals surface area contributed by atoms with Gasteiger partial charge in [-0.25, -0.2) is 0 Å². The summed E-state index contributed by atoms with van der Waals surface area (Å²) < 4.78 is 0. The zero-order chi connectivity index (χ0) is 14.6. The van der Waals surface area contributed by atoms with Gasteiger partial charge in [-0.15, -0.1) is 5.11 Å². The van der Waals surface area contributed by atoms with Crippen molar-refractivity contribution in [2.45, 2.75) is 6.92 Å². The fourth-order valence-electron chi connectivity index (χ4n) is 1.10. The molecule has 0 atom stereocenters. The van der Waals surface area contributed by atoms with Crippen molar-refractivity contribution in [3.63, 3.8) is 0 Å². The number of amides is 1. The molecule has 1 aromatic rings. The number of rotatable bonds is 4. The average molecular weight is 265 g/mol. The summed E-state index contributed by atoms with van der Waals surface area (Å²) in [5.74, 6) is -2.13. The highest BCUT2D eigenvalue weighted by atomic mass is 16.6. The maximum Gasteiger partial charge on any atom is 0.272 e. The molecular weight excluding hydrogens is 256 g/mol. The van der Waals surface area contributed by atoms with Crippen LogP contribution in [0.4, 0.5) is 11.4 Å². The second-order valence-electron chi connectivity index (χ2n) is 3.41. The second kappa shape index (κ2) is 5.58. The number of nitro benzene ring substituents is 1. The van der Waals surface area contributed by atoms with E-state index in [1.165, 1.54) is 0 Å². The lowest BCUT2D eigenvalue weighted by Gasteiger charge is -2.07. The Bertz CT molecular complexity index is 590. The fraction of sp³-hybridized carbons (Fsp3) is 0.100. The minimum Gasteiger partial charge on any atom is -0.871 e. The largest absolute Gasteiger partial charge is 0.871 e. The van der Waals surface area contributed by atoms with Crippen molar-refractivity contribution < 1.29 is 19.9 Å². The molecule has 0 saturated carbocycles. The van der Waals surface area contributed by atoms with Crippen molar-refractivity contribution in [2.75, 3.05) is 0 Å². The van der Waals surface area contributed by atoms with Crippen LogP contribution in [0.1, 0.15) is 6.92 Å². The van der Waals surface area contributed by atoms with Crippen LogP contribution < -0.4 is 10.8 Å². The Balaban J connectivity index is 3.18. The first-order valence-corrected chi connectivity index (χ1v) is 4.89. The number of allylic oxidation sites excluding steroid dienone is 1.